The van der Waals surface area contributed by atoms with Crippen LogP contribution in [0.3, 0.4) is 0 Å². The first-order valence-corrected chi connectivity index (χ1v) is 7.62. The third-order valence-corrected chi connectivity index (χ3v) is 3.99. The van der Waals surface area contributed by atoms with Crippen LogP contribution in [0.15, 0.2) is 24.3 Å². The van der Waals surface area contributed by atoms with Crippen molar-refractivity contribution in [2.75, 3.05) is 19.6 Å². The van der Waals surface area contributed by atoms with E-state index in [1.165, 1.54) is 5.56 Å². The van der Waals surface area contributed by atoms with Gasteiger partial charge >= 0.3 is 0 Å². The van der Waals surface area contributed by atoms with Gasteiger partial charge in [0, 0.05) is 13.0 Å². The molecule has 0 bridgehead atoms. The summed E-state index contributed by atoms with van der Waals surface area (Å²) in [6.07, 6.45) is -0.106. The van der Waals surface area contributed by atoms with Crippen molar-refractivity contribution in [1.29, 1.82) is 0 Å². The summed E-state index contributed by atoms with van der Waals surface area (Å²) in [5, 5.41) is 16.1. The summed E-state index contributed by atoms with van der Waals surface area (Å²) in [5.41, 5.74) is 2.18. The number of hydrogen-bond acceptors (Lipinski definition) is 3. The molecule has 0 saturated carbocycles. The lowest BCUT2D eigenvalue weighted by Gasteiger charge is -2.26. The number of nitrogens with one attached hydrogen (secondary N) is 2. The van der Waals surface area contributed by atoms with Gasteiger partial charge in [-0.2, -0.15) is 0 Å². The van der Waals surface area contributed by atoms with E-state index in [9.17, 15) is 9.90 Å². The number of aliphatic hydroxyl groups excluding tert-OH is 1. The number of hydrogen-bond donors (Lipinski definition) is 3. The highest BCUT2D eigenvalue weighted by atomic mass is 16.3. The minimum atomic E-state index is -0.650. The number of aliphatic hydroxyl groups is 1. The van der Waals surface area contributed by atoms with Crippen molar-refractivity contribution in [1.82, 2.24) is 10.6 Å². The standard InChI is InChI=1S/C17H26N2O2/c1-17(2,3)14-6-4-13(5-7-14)15(20)11-19-16(21)8-12-9-18-10-12/h4-7,12,15,18,20H,8-11H2,1-3H3,(H,19,21). The van der Waals surface area contributed by atoms with E-state index in [2.05, 4.69) is 31.4 Å². The van der Waals surface area contributed by atoms with Gasteiger partial charge in [0.2, 0.25) is 5.91 Å². The van der Waals surface area contributed by atoms with Gasteiger partial charge in [-0.3, -0.25) is 4.79 Å². The van der Waals surface area contributed by atoms with E-state index in [1.54, 1.807) is 0 Å². The van der Waals surface area contributed by atoms with Crippen LogP contribution in [0.2, 0.25) is 0 Å². The maximum Gasteiger partial charge on any atom is 0.220 e. The van der Waals surface area contributed by atoms with Crippen LogP contribution in [-0.4, -0.2) is 30.6 Å². The Labute approximate surface area is 126 Å². The molecule has 0 aromatic heterocycles. The zero-order chi connectivity index (χ0) is 15.5. The van der Waals surface area contributed by atoms with E-state index < -0.39 is 6.10 Å². The Bertz CT molecular complexity index is 473. The van der Waals surface area contributed by atoms with Gasteiger partial charge in [-0.15, -0.1) is 0 Å². The van der Waals surface area contributed by atoms with Gasteiger partial charge in [-0.25, -0.2) is 0 Å². The molecule has 116 valence electrons. The third kappa shape index (κ3) is 4.55. The molecule has 1 aromatic rings. The Balaban J connectivity index is 1.82. The molecule has 0 radical (unpaired) electrons. The van der Waals surface area contributed by atoms with Crippen LogP contribution in [0.4, 0.5) is 0 Å². The average Bonchev–Trinajstić information content (AvgIpc) is 2.39. The number of amides is 1. The number of carbonyl (C=O) groups is 1. The lowest BCUT2D eigenvalue weighted by Crippen LogP contribution is -2.44. The van der Waals surface area contributed by atoms with Crippen molar-refractivity contribution < 1.29 is 9.90 Å². The van der Waals surface area contributed by atoms with Gasteiger partial charge < -0.3 is 15.7 Å². The summed E-state index contributed by atoms with van der Waals surface area (Å²) >= 11 is 0. The van der Waals surface area contributed by atoms with Crippen LogP contribution in [0.1, 0.15) is 44.4 Å². The van der Waals surface area contributed by atoms with Gasteiger partial charge in [-0.05, 0) is 35.5 Å². The topological polar surface area (TPSA) is 61.4 Å². The maximum atomic E-state index is 11.7. The number of carbonyl (C=O) groups excluding carboxylic acids is 1. The fourth-order valence-corrected chi connectivity index (χ4v) is 2.36. The molecule has 1 saturated heterocycles. The van der Waals surface area contributed by atoms with Crippen molar-refractivity contribution in [3.8, 4) is 0 Å². The van der Waals surface area contributed by atoms with Crippen LogP contribution in [0.25, 0.3) is 0 Å². The molecule has 0 spiro atoms. The van der Waals surface area contributed by atoms with Gasteiger partial charge in [0.15, 0.2) is 0 Å². The van der Waals surface area contributed by atoms with Crippen molar-refractivity contribution in [2.45, 2.75) is 38.7 Å². The second-order valence-electron chi connectivity index (χ2n) is 6.92. The van der Waals surface area contributed by atoms with Crippen LogP contribution in [-0.2, 0) is 10.2 Å². The SMILES string of the molecule is CC(C)(C)c1ccc(C(O)CNC(=O)CC2CNC2)cc1. The maximum absolute atomic E-state index is 11.7. The molecule has 3 N–H and O–H groups in total. The molecule has 1 unspecified atom stereocenters. The Kier molecular flexibility index (Phi) is 5.01. The highest BCUT2D eigenvalue weighted by Gasteiger charge is 2.20. The highest BCUT2D eigenvalue weighted by Crippen LogP contribution is 2.23. The molecule has 2 rings (SSSR count). The van der Waals surface area contributed by atoms with E-state index in [0.29, 0.717) is 12.3 Å². The van der Waals surface area contributed by atoms with Crippen molar-refractivity contribution in [3.63, 3.8) is 0 Å². The van der Waals surface area contributed by atoms with Gasteiger partial charge in [0.1, 0.15) is 0 Å². The molecule has 21 heavy (non-hydrogen) atoms. The zero-order valence-electron chi connectivity index (χ0n) is 13.1. The Morgan fingerprint density at radius 1 is 1.33 bits per heavy atom. The lowest BCUT2D eigenvalue weighted by molar-refractivity contribution is -0.122. The molecular weight excluding hydrogens is 264 g/mol. The minimum absolute atomic E-state index is 0.0202. The van der Waals surface area contributed by atoms with Crippen LogP contribution < -0.4 is 10.6 Å². The zero-order valence-corrected chi connectivity index (χ0v) is 13.1. The molecule has 1 aromatic carbocycles. The van der Waals surface area contributed by atoms with Crippen LogP contribution >= 0.6 is 0 Å². The Hall–Kier alpha value is -1.39. The van der Waals surface area contributed by atoms with E-state index in [-0.39, 0.29) is 17.9 Å². The fourth-order valence-electron chi connectivity index (χ4n) is 2.36. The first-order valence-electron chi connectivity index (χ1n) is 7.62. The molecule has 1 amide bonds. The summed E-state index contributed by atoms with van der Waals surface area (Å²) in [6.45, 7) is 8.60. The first-order chi connectivity index (χ1) is 9.86. The average molecular weight is 290 g/mol. The van der Waals surface area contributed by atoms with Gasteiger partial charge in [0.05, 0.1) is 6.10 Å². The molecule has 0 aliphatic carbocycles. The van der Waals surface area contributed by atoms with Gasteiger partial charge in [0.25, 0.3) is 0 Å². The third-order valence-electron chi connectivity index (χ3n) is 3.99. The largest absolute Gasteiger partial charge is 0.387 e. The summed E-state index contributed by atoms with van der Waals surface area (Å²) in [5.74, 6) is 0.472. The van der Waals surface area contributed by atoms with Crippen LogP contribution in [0.5, 0.6) is 0 Å². The fraction of sp³-hybridized carbons (Fsp3) is 0.588. The molecule has 1 aliphatic rings. The molecule has 1 aliphatic heterocycles. The normalized spacial score (nSPS) is 17.1. The highest BCUT2D eigenvalue weighted by molar-refractivity contribution is 5.76. The van der Waals surface area contributed by atoms with E-state index >= 15 is 0 Å². The van der Waals surface area contributed by atoms with Crippen LogP contribution in [0, 0.1) is 5.92 Å². The van der Waals surface area contributed by atoms with E-state index in [0.717, 1.165) is 18.7 Å². The molecule has 1 heterocycles. The Morgan fingerprint density at radius 3 is 2.43 bits per heavy atom. The van der Waals surface area contributed by atoms with Crippen molar-refractivity contribution >= 4 is 5.91 Å². The van der Waals surface area contributed by atoms with Crippen molar-refractivity contribution in [2.24, 2.45) is 5.92 Å². The lowest BCUT2D eigenvalue weighted by atomic mass is 9.86. The number of benzene rings is 1. The van der Waals surface area contributed by atoms with E-state index in [4.69, 9.17) is 0 Å². The van der Waals surface area contributed by atoms with Crippen molar-refractivity contribution in [3.05, 3.63) is 35.4 Å². The molecule has 4 heteroatoms. The molecule has 1 fully saturated rings. The first kappa shape index (κ1) is 16.0. The quantitative estimate of drug-likeness (QED) is 0.774. The molecule has 1 atom stereocenters. The molecule has 4 nitrogen and oxygen atoms in total. The summed E-state index contributed by atoms with van der Waals surface area (Å²) in [6, 6.07) is 7.96. The van der Waals surface area contributed by atoms with Gasteiger partial charge in [-0.1, -0.05) is 45.0 Å². The second kappa shape index (κ2) is 6.58. The second-order valence-corrected chi connectivity index (χ2v) is 6.92. The predicted octanol–water partition coefficient (Wildman–Crippen LogP) is 1.74. The monoisotopic (exact) mass is 290 g/mol. The summed E-state index contributed by atoms with van der Waals surface area (Å²) in [7, 11) is 0. The predicted molar refractivity (Wildman–Crippen MR) is 84.1 cm³/mol. The molecular formula is C17H26N2O2. The summed E-state index contributed by atoms with van der Waals surface area (Å²) < 4.78 is 0. The summed E-state index contributed by atoms with van der Waals surface area (Å²) in [4.78, 5) is 11.7. The number of rotatable bonds is 5. The smallest absolute Gasteiger partial charge is 0.220 e. The minimum Gasteiger partial charge on any atom is -0.387 e. The van der Waals surface area contributed by atoms with E-state index in [1.807, 2.05) is 24.3 Å². The Morgan fingerprint density at radius 2 is 1.95 bits per heavy atom.